The van der Waals surface area contributed by atoms with Crippen LogP contribution >= 0.6 is 0 Å². The van der Waals surface area contributed by atoms with Crippen LogP contribution in [0.3, 0.4) is 0 Å². The topological polar surface area (TPSA) is 38.7 Å². The van der Waals surface area contributed by atoms with E-state index in [0.717, 1.165) is 60.8 Å². The lowest BCUT2D eigenvalue weighted by Gasteiger charge is -2.24. The van der Waals surface area contributed by atoms with Crippen molar-refractivity contribution in [3.63, 3.8) is 0 Å². The molecule has 0 radical (unpaired) electrons. The average molecular weight is 570 g/mol. The van der Waals surface area contributed by atoms with Gasteiger partial charge in [-0.3, -0.25) is 9.97 Å². The fraction of sp³-hybridized carbons (Fsp3) is 0.308. The third-order valence-electron chi connectivity index (χ3n) is 8.25. The normalized spacial score (nSPS) is 12.9. The Morgan fingerprint density at radius 2 is 1.19 bits per heavy atom. The molecule has 3 aromatic heterocycles. The van der Waals surface area contributed by atoms with Gasteiger partial charge in [-0.25, -0.2) is 9.37 Å². The number of aromatic nitrogens is 3. The van der Waals surface area contributed by atoms with Crippen LogP contribution in [0.15, 0.2) is 79.0 Å². The van der Waals surface area contributed by atoms with Gasteiger partial charge in [0.05, 0.1) is 16.9 Å². The number of nitrogens with zero attached hydrogens (tertiary/aromatic N) is 3. The van der Waals surface area contributed by atoms with Crippen LogP contribution in [0.4, 0.5) is 4.39 Å². The number of para-hydroxylation sites is 1. The second-order valence-corrected chi connectivity index (χ2v) is 14.8. The molecule has 4 heteroatoms. The van der Waals surface area contributed by atoms with Crippen LogP contribution in [-0.4, -0.2) is 15.0 Å². The third-order valence-corrected chi connectivity index (χ3v) is 8.25. The summed E-state index contributed by atoms with van der Waals surface area (Å²) >= 11 is 0. The lowest BCUT2D eigenvalue weighted by atomic mass is 9.85. The highest BCUT2D eigenvalue weighted by Crippen LogP contribution is 2.42. The minimum absolute atomic E-state index is 0.114. The Morgan fingerprint density at radius 3 is 1.86 bits per heavy atom. The van der Waals surface area contributed by atoms with E-state index >= 15 is 4.39 Å². The van der Waals surface area contributed by atoms with Crippen molar-refractivity contribution in [2.24, 2.45) is 0 Å². The minimum atomic E-state index is -0.515. The fourth-order valence-electron chi connectivity index (χ4n) is 5.82. The van der Waals surface area contributed by atoms with Gasteiger partial charge in [-0.1, -0.05) is 123 Å². The van der Waals surface area contributed by atoms with Crippen molar-refractivity contribution < 1.29 is 4.39 Å². The highest BCUT2D eigenvalue weighted by Gasteiger charge is 2.28. The first-order valence-corrected chi connectivity index (χ1v) is 15.1. The highest BCUT2D eigenvalue weighted by atomic mass is 19.1. The molecule has 3 nitrogen and oxygen atoms in total. The van der Waals surface area contributed by atoms with Crippen molar-refractivity contribution in [1.29, 1.82) is 0 Å². The molecule has 0 aliphatic carbocycles. The van der Waals surface area contributed by atoms with Crippen LogP contribution in [0.1, 0.15) is 79.4 Å². The van der Waals surface area contributed by atoms with E-state index in [9.17, 15) is 0 Å². The van der Waals surface area contributed by atoms with Gasteiger partial charge in [0, 0.05) is 66.5 Å². The predicted octanol–water partition coefficient (Wildman–Crippen LogP) is 10.7. The van der Waals surface area contributed by atoms with Crippen molar-refractivity contribution in [2.75, 3.05) is 0 Å². The van der Waals surface area contributed by atoms with Crippen molar-refractivity contribution in [1.82, 2.24) is 15.0 Å². The molecule has 0 saturated carbocycles. The quantitative estimate of drug-likeness (QED) is 0.208. The maximum atomic E-state index is 16.9. The Kier molecular flexibility index (Phi) is 6.68. The van der Waals surface area contributed by atoms with E-state index in [1.54, 1.807) is 0 Å². The van der Waals surface area contributed by atoms with Crippen LogP contribution in [0.2, 0.25) is 0 Å². The van der Waals surface area contributed by atoms with Crippen LogP contribution in [-0.2, 0) is 16.2 Å². The van der Waals surface area contributed by atoms with E-state index < -0.39 is 5.41 Å². The zero-order valence-corrected chi connectivity index (χ0v) is 26.7. The summed E-state index contributed by atoms with van der Waals surface area (Å²) in [4.78, 5) is 15.0. The molecule has 218 valence electrons. The first kappa shape index (κ1) is 28.9. The van der Waals surface area contributed by atoms with Crippen molar-refractivity contribution in [3.05, 3.63) is 102 Å². The second-order valence-electron chi connectivity index (χ2n) is 14.8. The molecule has 6 aromatic rings. The van der Waals surface area contributed by atoms with Gasteiger partial charge in [-0.05, 0) is 23.1 Å². The molecule has 0 atom stereocenters. The molecule has 6 rings (SSSR count). The Morgan fingerprint density at radius 1 is 0.558 bits per heavy atom. The van der Waals surface area contributed by atoms with Gasteiger partial charge < -0.3 is 0 Å². The third kappa shape index (κ3) is 5.07. The number of rotatable bonds is 2. The van der Waals surface area contributed by atoms with Crippen molar-refractivity contribution >= 4 is 32.4 Å². The van der Waals surface area contributed by atoms with Gasteiger partial charge in [0.1, 0.15) is 0 Å². The summed E-state index contributed by atoms with van der Waals surface area (Å²) < 4.78 is 16.9. The Bertz CT molecular complexity index is 2040. The second kappa shape index (κ2) is 9.94. The number of halogens is 1. The summed E-state index contributed by atoms with van der Waals surface area (Å²) in [6.07, 6.45) is 1.94. The van der Waals surface area contributed by atoms with Crippen LogP contribution < -0.4 is 0 Å². The van der Waals surface area contributed by atoms with Gasteiger partial charge >= 0.3 is 0 Å². The molecule has 3 heterocycles. The molecular weight excluding hydrogens is 529 g/mol. The molecule has 0 unspecified atom stereocenters. The molecule has 0 N–H and O–H groups in total. The molecule has 0 saturated heterocycles. The number of pyridine rings is 3. The molecule has 0 bridgehead atoms. The predicted molar refractivity (Wildman–Crippen MR) is 179 cm³/mol. The molecule has 0 fully saturated rings. The van der Waals surface area contributed by atoms with E-state index in [2.05, 4.69) is 84.0 Å². The summed E-state index contributed by atoms with van der Waals surface area (Å²) in [5.41, 5.74) is 6.10. The Balaban J connectivity index is 1.74. The van der Waals surface area contributed by atoms with E-state index in [-0.39, 0.29) is 16.6 Å². The first-order chi connectivity index (χ1) is 20.1. The van der Waals surface area contributed by atoms with Crippen molar-refractivity contribution in [2.45, 2.75) is 78.6 Å². The smallest absolute Gasteiger partial charge is 0.153 e. The van der Waals surface area contributed by atoms with Gasteiger partial charge in [0.2, 0.25) is 0 Å². The van der Waals surface area contributed by atoms with E-state index in [0.29, 0.717) is 11.1 Å². The summed E-state index contributed by atoms with van der Waals surface area (Å²) in [5.74, 6) is -0.275. The van der Waals surface area contributed by atoms with Gasteiger partial charge in [0.25, 0.3) is 0 Å². The van der Waals surface area contributed by atoms with Gasteiger partial charge in [-0.2, -0.15) is 0 Å². The average Bonchev–Trinajstić information content (AvgIpc) is 2.94. The van der Waals surface area contributed by atoms with E-state index in [1.807, 2.05) is 57.3 Å². The number of benzene rings is 3. The summed E-state index contributed by atoms with van der Waals surface area (Å²) in [5, 5.41) is 4.49. The zero-order chi connectivity index (χ0) is 30.9. The Hall–Kier alpha value is -4.18. The maximum Gasteiger partial charge on any atom is 0.153 e. The molecule has 0 spiro atoms. The molecule has 43 heavy (non-hydrogen) atoms. The SMILES string of the molecule is CC(C)(C)c1cc2c(-c3nc(C(C)(C)C)c(F)c4c(-c5cccc6ccc(C(C)(C)C)nc56)cccc34)cccc2cn1. The molecule has 0 aliphatic heterocycles. The summed E-state index contributed by atoms with van der Waals surface area (Å²) in [7, 11) is 0. The van der Waals surface area contributed by atoms with Crippen molar-refractivity contribution in [3.8, 4) is 22.4 Å². The summed E-state index contributed by atoms with van der Waals surface area (Å²) in [6, 6.07) is 24.8. The molecular formula is C39H40FN3. The fourth-order valence-corrected chi connectivity index (χ4v) is 5.82. The Labute approximate surface area is 254 Å². The van der Waals surface area contributed by atoms with Crippen LogP contribution in [0.5, 0.6) is 0 Å². The number of hydrogen-bond donors (Lipinski definition) is 0. The summed E-state index contributed by atoms with van der Waals surface area (Å²) in [6.45, 7) is 19.1. The first-order valence-electron chi connectivity index (χ1n) is 15.1. The van der Waals surface area contributed by atoms with E-state index in [4.69, 9.17) is 15.0 Å². The monoisotopic (exact) mass is 569 g/mol. The van der Waals surface area contributed by atoms with Gasteiger partial charge in [-0.15, -0.1) is 0 Å². The maximum absolute atomic E-state index is 16.9. The molecule has 0 aliphatic rings. The van der Waals surface area contributed by atoms with E-state index in [1.165, 1.54) is 0 Å². The zero-order valence-electron chi connectivity index (χ0n) is 26.7. The van der Waals surface area contributed by atoms with Crippen LogP contribution in [0, 0.1) is 5.82 Å². The van der Waals surface area contributed by atoms with Gasteiger partial charge in [0.15, 0.2) is 5.82 Å². The largest absolute Gasteiger partial charge is 0.260 e. The lowest BCUT2D eigenvalue weighted by Crippen LogP contribution is -2.17. The van der Waals surface area contributed by atoms with Crippen LogP contribution in [0.25, 0.3) is 54.8 Å². The standard InChI is InChI=1S/C39H40FN3/c1-37(2,3)30-20-19-23-13-10-16-26(34(23)42-30)25-15-12-18-28-32(25)33(40)36(39(7,8)9)43-35(28)27-17-11-14-24-22-41-31(21-29(24)27)38(4,5)6/h10-22H,1-9H3. The molecule has 0 amide bonds. The molecule has 3 aromatic carbocycles. The lowest BCUT2D eigenvalue weighted by molar-refractivity contribution is 0.510. The highest BCUT2D eigenvalue weighted by molar-refractivity contribution is 6.10. The number of hydrogen-bond acceptors (Lipinski definition) is 3. The minimum Gasteiger partial charge on any atom is -0.260 e. The number of fused-ring (bicyclic) bond motifs is 3.